The Hall–Kier alpha value is -15.9. The average molecular weight is 1960 g/mol. The van der Waals surface area contributed by atoms with Crippen LogP contribution in [0, 0.1) is 3.57 Å². The molecule has 4 N–H and O–H groups in total. The first-order valence-corrected chi connectivity index (χ1v) is 48.8. The molecule has 0 spiro atoms. The van der Waals surface area contributed by atoms with E-state index in [0.717, 1.165) is 126 Å². The molecule has 0 unspecified atom stereocenters. The molecule has 2 aliphatic rings. The van der Waals surface area contributed by atoms with Gasteiger partial charge in [0.15, 0.2) is 0 Å². The lowest BCUT2D eigenvalue weighted by molar-refractivity contribution is 0.426. The van der Waals surface area contributed by atoms with E-state index in [2.05, 4.69) is 426 Å². The number of H-pyrrole nitrogens is 1. The molecular weight excluding hydrogens is 1870 g/mol. The van der Waals surface area contributed by atoms with Crippen LogP contribution in [-0.2, 0) is 10.8 Å². The second kappa shape index (κ2) is 38.2. The molecule has 26 rings (SSSR count). The largest absolute Gasteiger partial charge is 0.488 e. The van der Waals surface area contributed by atoms with Gasteiger partial charge in [-0.2, -0.15) is 0 Å². The maximum atomic E-state index is 9.05. The number of hydrogen-bond donors (Lipinski definition) is 4. The number of pyridine rings is 4. The maximum Gasteiger partial charge on any atom is 0.488 e. The van der Waals surface area contributed by atoms with Gasteiger partial charge in [0, 0.05) is 79.9 Å². The Labute approximate surface area is 836 Å². The Morgan fingerprint density at radius 2 is 0.671 bits per heavy atom. The van der Waals surface area contributed by atoms with Crippen molar-refractivity contribution < 1.29 is 10.0 Å². The van der Waals surface area contributed by atoms with Crippen molar-refractivity contribution in [2.75, 3.05) is 10.2 Å². The zero-order valence-corrected chi connectivity index (χ0v) is 80.8. The molecule has 10 nitrogen and oxygen atoms in total. The molecule has 0 atom stereocenters. The van der Waals surface area contributed by atoms with Gasteiger partial charge in [-0.05, 0) is 243 Å². The summed E-state index contributed by atoms with van der Waals surface area (Å²) in [5.74, 6) is 1.74. The first-order valence-electron chi connectivity index (χ1n) is 46.9. The van der Waals surface area contributed by atoms with Crippen LogP contribution < -0.4 is 15.7 Å². The first kappa shape index (κ1) is 89.3. The minimum atomic E-state index is -1.41. The van der Waals surface area contributed by atoms with Crippen molar-refractivity contribution in [2.45, 2.75) is 38.5 Å². The van der Waals surface area contributed by atoms with Gasteiger partial charge in [-0.1, -0.05) is 397 Å². The van der Waals surface area contributed by atoms with E-state index < -0.39 is 7.12 Å². The summed E-state index contributed by atoms with van der Waals surface area (Å²) in [4.78, 5) is 25.6. The standard InChI is InChI=1S/C63H44N4.C21H14ClN.C21H18N2.C12H11BO2.C9H5ClIN/c1-63(2)53-30-12-16-34-58(53)67(62-39-51(48-28-10-14-32-56(48)65-62)46-26-18-24-44(36-46)42-21-7-4-8-22-42)60-40-59-52(37-54(60)63)49-29-11-15-33-57(49)66(59)61-38-50(47-27-9-13-31-55(47)64-61)45-25-17-23-43(35-45)41-19-5-3-6-20-41;22-21-14-19(18-11-4-5-12-20(18)23-21)17-10-6-9-16(13-17)15-7-2-1-3-8-15;1-21(2)15-8-4-6-10-18(15)23-20-12-19-14(11-16(20)21)13-7-3-5-9-17(13)22-19;14-13(15)12-8-4-7-11(9-12)10-5-2-1-3-6-10;10-9-5-7(11)6-3-1-2-4-8(6)12-9/h3-40H,1-2H3;1-14H;3-12,22-23H,1-2H3;1-9,14-15H;1-5H. The van der Waals surface area contributed by atoms with Crippen LogP contribution in [0.4, 0.5) is 28.6 Å². The highest BCUT2D eigenvalue weighted by molar-refractivity contribution is 14.1. The monoisotopic (exact) mass is 1960 g/mol. The molecule has 6 aromatic heterocycles. The number of aromatic amines is 1. The summed E-state index contributed by atoms with van der Waals surface area (Å²) in [7, 11) is -1.41. The highest BCUT2D eigenvalue weighted by atomic mass is 127. The van der Waals surface area contributed by atoms with E-state index in [1.807, 2.05) is 103 Å². The SMILES string of the molecule is CC1(C)c2ccccc2N(c2cc(-c3cccc(-c4ccccc4)c3)c3ccccc3n2)c2cc3c(cc21)c1ccccc1n3-c1cc(-c2cccc(-c3ccccc3)c2)c2ccccc2n1.CC1(C)c2ccccc2Nc2cc3[nH]c4ccccc4c3cc21.Clc1cc(-c2cccc(-c3ccccc3)c2)c2ccccc2n1.Clc1cc(I)c2ccccc2n1.OB(O)c1cccc(-c2ccccc2)c1. The van der Waals surface area contributed by atoms with E-state index in [-0.39, 0.29) is 10.8 Å². The molecule has 0 fully saturated rings. The molecule has 0 amide bonds. The third-order valence-corrected chi connectivity index (χ3v) is 28.3. The van der Waals surface area contributed by atoms with E-state index in [0.29, 0.717) is 15.8 Å². The van der Waals surface area contributed by atoms with Gasteiger partial charge in [-0.25, -0.2) is 19.9 Å². The van der Waals surface area contributed by atoms with Crippen LogP contribution in [0.3, 0.4) is 0 Å². The molecule has 18 aromatic carbocycles. The van der Waals surface area contributed by atoms with Gasteiger partial charge in [0.05, 0.1) is 44.5 Å². The van der Waals surface area contributed by atoms with Gasteiger partial charge in [0.2, 0.25) is 0 Å². The summed E-state index contributed by atoms with van der Waals surface area (Å²) in [5, 5.41) is 32.3. The predicted molar refractivity (Wildman–Crippen MR) is 596 cm³/mol. The normalized spacial score (nSPS) is 12.5. The summed E-state index contributed by atoms with van der Waals surface area (Å²) < 4.78 is 3.52. The molecule has 14 heteroatoms. The van der Waals surface area contributed by atoms with Crippen LogP contribution >= 0.6 is 45.8 Å². The second-order valence-corrected chi connectivity index (χ2v) is 38.3. The lowest BCUT2D eigenvalue weighted by atomic mass is 9.73. The molecule has 0 radical (unpaired) electrons. The summed E-state index contributed by atoms with van der Waals surface area (Å²) in [5.41, 5.74) is 34.4. The highest BCUT2D eigenvalue weighted by Gasteiger charge is 2.39. The number of hydrogen-bond acceptors (Lipinski definition) is 8. The Bertz CT molecular complexity index is 8840. The lowest BCUT2D eigenvalue weighted by Crippen LogP contribution is -2.31. The molecule has 2 aliphatic heterocycles. The maximum absolute atomic E-state index is 9.05. The molecule has 8 heterocycles. The van der Waals surface area contributed by atoms with Crippen molar-refractivity contribution in [1.82, 2.24) is 29.5 Å². The number of rotatable bonds is 10. The van der Waals surface area contributed by atoms with Crippen molar-refractivity contribution >= 4 is 174 Å². The quantitative estimate of drug-likeness (QED) is 0.0606. The predicted octanol–water partition coefficient (Wildman–Crippen LogP) is 33.1. The van der Waals surface area contributed by atoms with Gasteiger partial charge in [-0.3, -0.25) is 9.47 Å². The van der Waals surface area contributed by atoms with Crippen molar-refractivity contribution in [3.8, 4) is 83.7 Å². The van der Waals surface area contributed by atoms with E-state index in [1.165, 1.54) is 99.6 Å². The van der Waals surface area contributed by atoms with Crippen molar-refractivity contribution in [1.29, 1.82) is 0 Å². The van der Waals surface area contributed by atoms with Gasteiger partial charge in [-0.15, -0.1) is 0 Å². The van der Waals surface area contributed by atoms with Gasteiger partial charge in [0.1, 0.15) is 21.9 Å². The number of para-hydroxylation sites is 8. The fraction of sp³-hybridized carbons (Fsp3) is 0.0476. The first-order chi connectivity index (χ1) is 68.5. The van der Waals surface area contributed by atoms with Gasteiger partial charge < -0.3 is 20.3 Å². The van der Waals surface area contributed by atoms with E-state index in [9.17, 15) is 0 Å². The van der Waals surface area contributed by atoms with Gasteiger partial charge in [0.25, 0.3) is 0 Å². The molecule has 0 saturated carbocycles. The summed E-state index contributed by atoms with van der Waals surface area (Å²) in [6.07, 6.45) is 0. The smallest absolute Gasteiger partial charge is 0.423 e. The van der Waals surface area contributed by atoms with Crippen molar-refractivity contribution in [2.24, 2.45) is 0 Å². The topological polar surface area (TPSA) is 128 Å². The molecule has 0 saturated heterocycles. The molecule has 24 aromatic rings. The number of aromatic nitrogens is 6. The van der Waals surface area contributed by atoms with Gasteiger partial charge >= 0.3 is 7.12 Å². The Morgan fingerprint density at radius 1 is 0.271 bits per heavy atom. The summed E-state index contributed by atoms with van der Waals surface area (Å²) in [6.45, 7) is 9.35. The number of fused-ring (bicyclic) bond motifs is 14. The molecule has 140 heavy (non-hydrogen) atoms. The molecule has 0 aliphatic carbocycles. The van der Waals surface area contributed by atoms with E-state index in [1.54, 1.807) is 12.1 Å². The van der Waals surface area contributed by atoms with Crippen LogP contribution in [0.1, 0.15) is 49.9 Å². The minimum Gasteiger partial charge on any atom is -0.423 e. The van der Waals surface area contributed by atoms with Crippen molar-refractivity contribution in [3.63, 3.8) is 0 Å². The Balaban J connectivity index is 0.000000124. The number of nitrogens with one attached hydrogen (secondary N) is 2. The Kier molecular flexibility index (Phi) is 24.4. The third-order valence-electron chi connectivity index (χ3n) is 27.0. The number of anilines is 5. The minimum absolute atomic E-state index is 0.0102. The zero-order valence-electron chi connectivity index (χ0n) is 77.2. The van der Waals surface area contributed by atoms with E-state index in [4.69, 9.17) is 43.2 Å². The number of nitrogens with zero attached hydrogens (tertiary/aromatic N) is 6. The van der Waals surface area contributed by atoms with Crippen LogP contribution in [0.25, 0.3) is 171 Å². The Morgan fingerprint density at radius 3 is 1.23 bits per heavy atom. The average Bonchev–Trinajstić information content (AvgIpc) is 1.40. The van der Waals surface area contributed by atoms with Crippen molar-refractivity contribution in [3.05, 3.63) is 497 Å². The summed E-state index contributed by atoms with van der Waals surface area (Å²) in [6, 6.07) is 161. The number of benzene rings is 18. The van der Waals surface area contributed by atoms with Crippen LogP contribution in [0.15, 0.2) is 461 Å². The second-order valence-electron chi connectivity index (χ2n) is 36.4. The van der Waals surface area contributed by atoms with Crippen LogP contribution in [0.2, 0.25) is 10.3 Å². The van der Waals surface area contributed by atoms with Crippen LogP contribution in [-0.4, -0.2) is 46.7 Å². The summed E-state index contributed by atoms with van der Waals surface area (Å²) >= 11 is 14.3. The van der Waals surface area contributed by atoms with E-state index >= 15 is 0 Å². The lowest BCUT2D eigenvalue weighted by Gasteiger charge is -2.41. The molecular formula is C126H92BCl2IN8O2. The molecule has 0 bridgehead atoms. The highest BCUT2D eigenvalue weighted by Crippen LogP contribution is 2.55. The zero-order chi connectivity index (χ0) is 95.1. The fourth-order valence-corrected chi connectivity index (χ4v) is 21.5. The fourth-order valence-electron chi connectivity index (χ4n) is 20.1. The number of halogens is 3. The third kappa shape index (κ3) is 17.5. The van der Waals surface area contributed by atoms with Crippen LogP contribution in [0.5, 0.6) is 0 Å². The molecule has 672 valence electrons.